The Morgan fingerprint density at radius 2 is 2.15 bits per heavy atom. The summed E-state index contributed by atoms with van der Waals surface area (Å²) in [7, 11) is 0. The van der Waals surface area contributed by atoms with Crippen LogP contribution in [0.15, 0.2) is 24.5 Å². The third kappa shape index (κ3) is 2.24. The third-order valence-corrected chi connectivity index (χ3v) is 3.79. The molecule has 2 N–H and O–H groups in total. The summed E-state index contributed by atoms with van der Waals surface area (Å²) in [5, 5.41) is 10.8. The Balaban J connectivity index is 1.93. The number of nitrogen functional groups attached to an aromatic ring is 1. The molecule has 1 aliphatic carbocycles. The first-order valence-electron chi connectivity index (χ1n) is 6.71. The molecular formula is C14H16N4O2. The molecule has 3 rings (SSSR count). The molecule has 104 valence electrons. The Labute approximate surface area is 116 Å². The monoisotopic (exact) mass is 272 g/mol. The fourth-order valence-corrected chi connectivity index (χ4v) is 2.69. The van der Waals surface area contributed by atoms with Gasteiger partial charge in [0.25, 0.3) is 5.69 Å². The summed E-state index contributed by atoms with van der Waals surface area (Å²) in [6.07, 6.45) is 6.21. The van der Waals surface area contributed by atoms with Crippen LogP contribution < -0.4 is 5.73 Å². The van der Waals surface area contributed by atoms with Crippen LogP contribution in [0.3, 0.4) is 0 Å². The largest absolute Gasteiger partial charge is 0.398 e. The second-order valence-corrected chi connectivity index (χ2v) is 5.11. The minimum absolute atomic E-state index is 0.0724. The van der Waals surface area contributed by atoms with E-state index in [0.29, 0.717) is 12.2 Å². The molecule has 0 aliphatic heterocycles. The topological polar surface area (TPSA) is 87.0 Å². The quantitative estimate of drug-likeness (QED) is 0.527. The number of aryl methyl sites for hydroxylation is 1. The van der Waals surface area contributed by atoms with E-state index in [9.17, 15) is 10.1 Å². The summed E-state index contributed by atoms with van der Waals surface area (Å²) in [4.78, 5) is 14.9. The van der Waals surface area contributed by atoms with Crippen LogP contribution in [0.4, 0.5) is 11.4 Å². The Kier molecular flexibility index (Phi) is 3.14. The lowest BCUT2D eigenvalue weighted by Gasteiger charge is -2.14. The molecule has 20 heavy (non-hydrogen) atoms. The summed E-state index contributed by atoms with van der Waals surface area (Å²) in [6, 6.07) is 4.57. The van der Waals surface area contributed by atoms with Crippen LogP contribution in [0.1, 0.15) is 29.8 Å². The lowest BCUT2D eigenvalue weighted by molar-refractivity contribution is -0.384. The number of nitro benzene ring substituents is 1. The van der Waals surface area contributed by atoms with Crippen LogP contribution in [0.5, 0.6) is 0 Å². The van der Waals surface area contributed by atoms with Crippen LogP contribution in [0.2, 0.25) is 0 Å². The van der Waals surface area contributed by atoms with Gasteiger partial charge in [-0.05, 0) is 31.7 Å². The number of hydrogen-bond donors (Lipinski definition) is 1. The Bertz CT molecular complexity index is 663. The lowest BCUT2D eigenvalue weighted by Crippen LogP contribution is -2.10. The number of non-ortho nitro benzene ring substituents is 1. The third-order valence-electron chi connectivity index (χ3n) is 3.79. The Morgan fingerprint density at radius 3 is 2.95 bits per heavy atom. The summed E-state index contributed by atoms with van der Waals surface area (Å²) in [6.45, 7) is 0.538. The van der Waals surface area contributed by atoms with Gasteiger partial charge in [0.1, 0.15) is 0 Å². The van der Waals surface area contributed by atoms with Crippen LogP contribution in [0.25, 0.3) is 0 Å². The van der Waals surface area contributed by atoms with Crippen molar-refractivity contribution in [1.82, 2.24) is 9.55 Å². The molecular weight excluding hydrogens is 256 g/mol. The average Bonchev–Trinajstić information content (AvgIpc) is 2.84. The van der Waals surface area contributed by atoms with Crippen molar-refractivity contribution in [3.8, 4) is 0 Å². The van der Waals surface area contributed by atoms with E-state index in [1.807, 2.05) is 6.33 Å². The summed E-state index contributed by atoms with van der Waals surface area (Å²) < 4.78 is 2.06. The normalized spacial score (nSPS) is 14.0. The van der Waals surface area contributed by atoms with Crippen LogP contribution in [-0.2, 0) is 19.4 Å². The van der Waals surface area contributed by atoms with Gasteiger partial charge in [0.15, 0.2) is 0 Å². The predicted molar refractivity (Wildman–Crippen MR) is 75.5 cm³/mol. The number of nitro groups is 1. The van der Waals surface area contributed by atoms with E-state index >= 15 is 0 Å². The van der Waals surface area contributed by atoms with Gasteiger partial charge in [-0.25, -0.2) is 4.98 Å². The SMILES string of the molecule is Nc1ccc([N+](=O)[O-])cc1Cn1cnc2c1CCCC2. The molecule has 0 spiro atoms. The molecule has 0 radical (unpaired) electrons. The lowest BCUT2D eigenvalue weighted by atomic mass is 10.0. The minimum atomic E-state index is -0.397. The fourth-order valence-electron chi connectivity index (χ4n) is 2.69. The van der Waals surface area contributed by atoms with Gasteiger partial charge in [-0.2, -0.15) is 0 Å². The second kappa shape index (κ2) is 4.96. The molecule has 0 unspecified atom stereocenters. The second-order valence-electron chi connectivity index (χ2n) is 5.11. The number of imidazole rings is 1. The van der Waals surface area contributed by atoms with Gasteiger partial charge in [-0.15, -0.1) is 0 Å². The number of aromatic nitrogens is 2. The average molecular weight is 272 g/mol. The van der Waals surface area contributed by atoms with E-state index in [2.05, 4.69) is 9.55 Å². The zero-order valence-electron chi connectivity index (χ0n) is 11.1. The molecule has 1 aromatic carbocycles. The molecule has 0 bridgehead atoms. The Morgan fingerprint density at radius 1 is 1.35 bits per heavy atom. The Hall–Kier alpha value is -2.37. The van der Waals surface area contributed by atoms with Crippen LogP contribution in [0, 0.1) is 10.1 Å². The number of fused-ring (bicyclic) bond motifs is 1. The maximum Gasteiger partial charge on any atom is 0.269 e. The maximum atomic E-state index is 10.8. The van der Waals surface area contributed by atoms with Gasteiger partial charge in [-0.3, -0.25) is 10.1 Å². The first kappa shape index (κ1) is 12.7. The van der Waals surface area contributed by atoms with Crippen molar-refractivity contribution in [2.24, 2.45) is 0 Å². The molecule has 0 saturated heterocycles. The molecule has 0 atom stereocenters. The maximum absolute atomic E-state index is 10.8. The summed E-state index contributed by atoms with van der Waals surface area (Å²) in [5.41, 5.74) is 9.74. The number of rotatable bonds is 3. The smallest absolute Gasteiger partial charge is 0.269 e. The number of anilines is 1. The zero-order chi connectivity index (χ0) is 14.1. The van der Waals surface area contributed by atoms with Crippen molar-refractivity contribution in [3.63, 3.8) is 0 Å². The molecule has 0 saturated carbocycles. The van der Waals surface area contributed by atoms with Crippen molar-refractivity contribution >= 4 is 11.4 Å². The van der Waals surface area contributed by atoms with Crippen molar-refractivity contribution in [1.29, 1.82) is 0 Å². The highest BCUT2D eigenvalue weighted by Gasteiger charge is 2.16. The van der Waals surface area contributed by atoms with E-state index in [1.165, 1.54) is 24.6 Å². The van der Waals surface area contributed by atoms with E-state index < -0.39 is 4.92 Å². The van der Waals surface area contributed by atoms with Gasteiger partial charge in [0, 0.05) is 29.1 Å². The number of benzene rings is 1. The van der Waals surface area contributed by atoms with Crippen LogP contribution >= 0.6 is 0 Å². The molecule has 1 aliphatic rings. The van der Waals surface area contributed by atoms with Gasteiger partial charge in [-0.1, -0.05) is 0 Å². The van der Waals surface area contributed by atoms with Crippen LogP contribution in [-0.4, -0.2) is 14.5 Å². The molecule has 6 nitrogen and oxygen atoms in total. The first-order valence-corrected chi connectivity index (χ1v) is 6.71. The summed E-state index contributed by atoms with van der Waals surface area (Å²) in [5.74, 6) is 0. The van der Waals surface area contributed by atoms with E-state index in [4.69, 9.17) is 5.73 Å². The van der Waals surface area contributed by atoms with Crippen molar-refractivity contribution < 1.29 is 4.92 Å². The highest BCUT2D eigenvalue weighted by atomic mass is 16.6. The van der Waals surface area contributed by atoms with Crippen molar-refractivity contribution in [3.05, 3.63) is 51.6 Å². The molecule has 0 amide bonds. The first-order chi connectivity index (χ1) is 9.65. The predicted octanol–water partition coefficient (Wildman–Crippen LogP) is 2.30. The molecule has 6 heteroatoms. The van der Waals surface area contributed by atoms with Crippen molar-refractivity contribution in [2.75, 3.05) is 5.73 Å². The highest BCUT2D eigenvalue weighted by molar-refractivity contribution is 5.52. The minimum Gasteiger partial charge on any atom is -0.398 e. The van der Waals surface area contributed by atoms with Crippen molar-refractivity contribution in [2.45, 2.75) is 32.2 Å². The van der Waals surface area contributed by atoms with E-state index in [-0.39, 0.29) is 5.69 Å². The van der Waals surface area contributed by atoms with Gasteiger partial charge >= 0.3 is 0 Å². The molecule has 1 aromatic heterocycles. The van der Waals surface area contributed by atoms with Gasteiger partial charge in [0.05, 0.1) is 23.5 Å². The van der Waals surface area contributed by atoms with E-state index in [0.717, 1.165) is 24.1 Å². The number of nitrogens with two attached hydrogens (primary N) is 1. The number of hydrogen-bond acceptors (Lipinski definition) is 4. The molecule has 2 aromatic rings. The molecule has 1 heterocycles. The molecule has 0 fully saturated rings. The fraction of sp³-hybridized carbons (Fsp3) is 0.357. The number of nitrogens with zero attached hydrogens (tertiary/aromatic N) is 3. The van der Waals surface area contributed by atoms with Gasteiger partial charge in [0.2, 0.25) is 0 Å². The van der Waals surface area contributed by atoms with E-state index in [1.54, 1.807) is 12.1 Å². The standard InChI is InChI=1S/C14H16N4O2/c15-12-6-5-11(18(19)20)7-10(12)8-17-9-16-13-3-1-2-4-14(13)17/h5-7,9H,1-4,8,15H2. The zero-order valence-corrected chi connectivity index (χ0v) is 11.1. The van der Waals surface area contributed by atoms with Gasteiger partial charge < -0.3 is 10.3 Å². The highest BCUT2D eigenvalue weighted by Crippen LogP contribution is 2.24. The summed E-state index contributed by atoms with van der Waals surface area (Å²) >= 11 is 0.